The molecular formula is C50H93NO8. The summed E-state index contributed by atoms with van der Waals surface area (Å²) in [6.07, 6.45) is 43.4. The van der Waals surface area contributed by atoms with Crippen molar-refractivity contribution in [3.8, 4) is 0 Å². The van der Waals surface area contributed by atoms with Gasteiger partial charge >= 0.3 is 0 Å². The van der Waals surface area contributed by atoms with Crippen LogP contribution >= 0.6 is 0 Å². The monoisotopic (exact) mass is 836 g/mol. The zero-order valence-corrected chi connectivity index (χ0v) is 38.0. The van der Waals surface area contributed by atoms with Crippen molar-refractivity contribution >= 4 is 5.91 Å². The molecule has 59 heavy (non-hydrogen) atoms. The number of aliphatic hydroxyl groups is 5. The molecule has 0 aromatic heterocycles. The van der Waals surface area contributed by atoms with Gasteiger partial charge in [-0.2, -0.15) is 0 Å². The van der Waals surface area contributed by atoms with Crippen molar-refractivity contribution in [2.75, 3.05) is 13.2 Å². The molecule has 0 bridgehead atoms. The van der Waals surface area contributed by atoms with E-state index in [4.69, 9.17) is 9.47 Å². The molecule has 9 nitrogen and oxygen atoms in total. The Morgan fingerprint density at radius 3 is 1.46 bits per heavy atom. The summed E-state index contributed by atoms with van der Waals surface area (Å²) in [5.74, 6) is -0.182. The van der Waals surface area contributed by atoms with E-state index in [1.54, 1.807) is 6.08 Å². The van der Waals surface area contributed by atoms with Crippen molar-refractivity contribution in [3.05, 3.63) is 36.5 Å². The fourth-order valence-corrected chi connectivity index (χ4v) is 7.72. The molecule has 0 aromatic carbocycles. The fourth-order valence-electron chi connectivity index (χ4n) is 7.72. The van der Waals surface area contributed by atoms with Crippen LogP contribution in [-0.4, -0.2) is 87.5 Å². The maximum atomic E-state index is 13.0. The first-order valence-electron chi connectivity index (χ1n) is 24.7. The summed E-state index contributed by atoms with van der Waals surface area (Å²) in [5.41, 5.74) is 0. The van der Waals surface area contributed by atoms with Gasteiger partial charge in [0.2, 0.25) is 5.91 Å². The second kappa shape index (κ2) is 40.5. The maximum Gasteiger partial charge on any atom is 0.220 e. The van der Waals surface area contributed by atoms with Crippen molar-refractivity contribution in [1.29, 1.82) is 0 Å². The third kappa shape index (κ3) is 31.0. The molecule has 7 unspecified atom stereocenters. The summed E-state index contributed by atoms with van der Waals surface area (Å²) in [5, 5.41) is 54.2. The number of amides is 1. The van der Waals surface area contributed by atoms with Gasteiger partial charge in [-0.25, -0.2) is 0 Å². The van der Waals surface area contributed by atoms with Gasteiger partial charge in [0.1, 0.15) is 24.4 Å². The fraction of sp³-hybridized carbons (Fsp3) is 0.860. The van der Waals surface area contributed by atoms with Crippen molar-refractivity contribution in [1.82, 2.24) is 5.32 Å². The van der Waals surface area contributed by atoms with E-state index in [2.05, 4.69) is 43.5 Å². The smallest absolute Gasteiger partial charge is 0.220 e. The number of carbonyl (C=O) groups excluding carboxylic acids is 1. The summed E-state index contributed by atoms with van der Waals surface area (Å²) in [4.78, 5) is 13.0. The summed E-state index contributed by atoms with van der Waals surface area (Å²) in [7, 11) is 0. The molecule has 9 heteroatoms. The zero-order chi connectivity index (χ0) is 43.0. The Hall–Kier alpha value is -1.59. The van der Waals surface area contributed by atoms with Crippen molar-refractivity contribution in [2.24, 2.45) is 0 Å². The Morgan fingerprint density at radius 2 is 1.00 bits per heavy atom. The van der Waals surface area contributed by atoms with E-state index in [1.165, 1.54) is 154 Å². The second-order valence-electron chi connectivity index (χ2n) is 17.3. The molecule has 1 saturated heterocycles. The highest BCUT2D eigenvalue weighted by Gasteiger charge is 2.44. The van der Waals surface area contributed by atoms with Crippen LogP contribution in [0.4, 0.5) is 0 Å². The molecule has 0 saturated carbocycles. The highest BCUT2D eigenvalue weighted by molar-refractivity contribution is 5.76. The van der Waals surface area contributed by atoms with E-state index < -0.39 is 49.5 Å². The molecule has 0 aliphatic carbocycles. The molecule has 0 aromatic rings. The largest absolute Gasteiger partial charge is 0.394 e. The molecule has 1 heterocycles. The number of nitrogens with one attached hydrogen (secondary N) is 1. The van der Waals surface area contributed by atoms with Crippen LogP contribution in [0.25, 0.3) is 0 Å². The molecular weight excluding hydrogens is 743 g/mol. The molecule has 1 aliphatic heterocycles. The Morgan fingerprint density at radius 1 is 0.576 bits per heavy atom. The van der Waals surface area contributed by atoms with Crippen LogP contribution in [0.1, 0.15) is 219 Å². The molecule has 6 N–H and O–H groups in total. The number of unbranched alkanes of at least 4 members (excludes halogenated alkanes) is 27. The lowest BCUT2D eigenvalue weighted by Gasteiger charge is -2.40. The summed E-state index contributed by atoms with van der Waals surface area (Å²) >= 11 is 0. The molecule has 1 rings (SSSR count). The third-order valence-electron chi connectivity index (χ3n) is 11.7. The van der Waals surface area contributed by atoms with Gasteiger partial charge in [-0.1, -0.05) is 198 Å². The molecule has 1 fully saturated rings. The lowest BCUT2D eigenvalue weighted by Crippen LogP contribution is -2.60. The minimum atomic E-state index is -1.57. The Kier molecular flexibility index (Phi) is 38.0. The Balaban J connectivity index is 2.24. The van der Waals surface area contributed by atoms with Crippen LogP contribution in [0, 0.1) is 0 Å². The standard InChI is InChI=1S/C50H93NO8/c1-3-5-7-9-11-13-15-16-17-18-19-20-21-22-23-24-25-26-27-28-30-32-34-36-38-40-46(54)51-43(42-58-50-49(57)48(56)47(55)45(41-52)59-50)44(53)39-37-35-33-31-29-14-12-10-8-6-4-2/h19-20,22-23,37,39,43-45,47-50,52-53,55-57H,3-18,21,24-36,38,40-42H2,1-2H3,(H,51,54)/b20-19-,23-22-,39-37+. The van der Waals surface area contributed by atoms with Crippen LogP contribution in [0.5, 0.6) is 0 Å². The predicted octanol–water partition coefficient (Wildman–Crippen LogP) is 10.8. The quantitative estimate of drug-likeness (QED) is 0.0263. The molecule has 7 atom stereocenters. The van der Waals surface area contributed by atoms with E-state index in [0.29, 0.717) is 6.42 Å². The third-order valence-corrected chi connectivity index (χ3v) is 11.7. The predicted molar refractivity (Wildman–Crippen MR) is 244 cm³/mol. The zero-order valence-electron chi connectivity index (χ0n) is 38.0. The maximum absolute atomic E-state index is 13.0. The van der Waals surface area contributed by atoms with Gasteiger partial charge in [-0.15, -0.1) is 0 Å². The minimum Gasteiger partial charge on any atom is -0.394 e. The van der Waals surface area contributed by atoms with E-state index in [-0.39, 0.29) is 12.5 Å². The highest BCUT2D eigenvalue weighted by atomic mass is 16.7. The average Bonchev–Trinajstić information content (AvgIpc) is 3.23. The van der Waals surface area contributed by atoms with Crippen molar-refractivity contribution < 1.29 is 39.8 Å². The van der Waals surface area contributed by atoms with Gasteiger partial charge in [0.15, 0.2) is 6.29 Å². The number of carbonyl (C=O) groups is 1. The first-order chi connectivity index (χ1) is 28.8. The lowest BCUT2D eigenvalue weighted by molar-refractivity contribution is -0.302. The van der Waals surface area contributed by atoms with Crippen LogP contribution in [0.15, 0.2) is 36.5 Å². The first kappa shape index (κ1) is 55.4. The van der Waals surface area contributed by atoms with Crippen LogP contribution < -0.4 is 5.32 Å². The summed E-state index contributed by atoms with van der Waals surface area (Å²) < 4.78 is 11.2. The molecule has 1 amide bonds. The average molecular weight is 836 g/mol. The number of allylic oxidation sites excluding steroid dienone is 5. The lowest BCUT2D eigenvalue weighted by atomic mass is 9.99. The number of hydrogen-bond donors (Lipinski definition) is 6. The number of hydrogen-bond acceptors (Lipinski definition) is 8. The van der Waals surface area contributed by atoms with E-state index in [9.17, 15) is 30.3 Å². The van der Waals surface area contributed by atoms with Crippen molar-refractivity contribution in [2.45, 2.75) is 262 Å². The molecule has 1 aliphatic rings. The number of rotatable bonds is 41. The van der Waals surface area contributed by atoms with E-state index >= 15 is 0 Å². The van der Waals surface area contributed by atoms with Gasteiger partial charge in [0.25, 0.3) is 0 Å². The molecule has 0 radical (unpaired) electrons. The molecule has 346 valence electrons. The topological polar surface area (TPSA) is 149 Å². The van der Waals surface area contributed by atoms with Gasteiger partial charge in [-0.3, -0.25) is 4.79 Å². The molecule has 0 spiro atoms. The normalized spacial score (nSPS) is 21.0. The summed E-state index contributed by atoms with van der Waals surface area (Å²) in [6, 6.07) is -0.805. The van der Waals surface area contributed by atoms with E-state index in [1.807, 2.05) is 6.08 Å². The van der Waals surface area contributed by atoms with Gasteiger partial charge < -0.3 is 40.3 Å². The number of ether oxygens (including phenoxy) is 2. The van der Waals surface area contributed by atoms with Crippen molar-refractivity contribution in [3.63, 3.8) is 0 Å². The minimum absolute atomic E-state index is 0.182. The second-order valence-corrected chi connectivity index (χ2v) is 17.3. The van der Waals surface area contributed by atoms with Crippen LogP contribution in [0.2, 0.25) is 0 Å². The summed E-state index contributed by atoms with van der Waals surface area (Å²) in [6.45, 7) is 3.76. The van der Waals surface area contributed by atoms with Gasteiger partial charge in [0.05, 0.1) is 25.4 Å². The van der Waals surface area contributed by atoms with Crippen LogP contribution in [0.3, 0.4) is 0 Å². The van der Waals surface area contributed by atoms with Crippen LogP contribution in [-0.2, 0) is 14.3 Å². The first-order valence-corrected chi connectivity index (χ1v) is 24.7. The Bertz CT molecular complexity index is 1020. The highest BCUT2D eigenvalue weighted by Crippen LogP contribution is 2.23. The van der Waals surface area contributed by atoms with Gasteiger partial charge in [0, 0.05) is 6.42 Å². The van der Waals surface area contributed by atoms with Gasteiger partial charge in [-0.05, 0) is 51.4 Å². The SMILES string of the molecule is CCCCCCCCCCC/C=C\C/C=C\CCCCCCCCCCCC(=O)NC(COC1OC(CO)C(O)C(O)C1O)C(O)/C=C/CCCCCCCCCCC. The van der Waals surface area contributed by atoms with E-state index in [0.717, 1.165) is 44.9 Å². The Labute approximate surface area is 361 Å². The number of aliphatic hydroxyl groups excluding tert-OH is 5.